The first-order valence-electron chi connectivity index (χ1n) is 5.17. The lowest BCUT2D eigenvalue weighted by molar-refractivity contribution is -0.164. The highest BCUT2D eigenvalue weighted by atomic mass is 19.3. The fraction of sp³-hybridized carbons (Fsp3) is 0.417. The van der Waals surface area contributed by atoms with Crippen molar-refractivity contribution in [2.75, 3.05) is 7.11 Å². The van der Waals surface area contributed by atoms with E-state index in [1.807, 2.05) is 6.92 Å². The van der Waals surface area contributed by atoms with Crippen LogP contribution in [0.1, 0.15) is 18.1 Å². The number of rotatable bonds is 5. The zero-order valence-corrected chi connectivity index (χ0v) is 9.67. The number of benzene rings is 1. The van der Waals surface area contributed by atoms with Gasteiger partial charge in [0.05, 0.1) is 7.11 Å². The Balaban J connectivity index is 2.97. The summed E-state index contributed by atoms with van der Waals surface area (Å²) in [6, 6.07) is 4.58. The van der Waals surface area contributed by atoms with Crippen LogP contribution in [0.25, 0.3) is 0 Å². The third-order valence-electron chi connectivity index (χ3n) is 2.46. The van der Waals surface area contributed by atoms with Crippen molar-refractivity contribution in [3.05, 3.63) is 29.3 Å². The molecule has 3 nitrogen and oxygen atoms in total. The van der Waals surface area contributed by atoms with Crippen molar-refractivity contribution in [1.82, 2.24) is 0 Å². The van der Waals surface area contributed by atoms with Crippen LogP contribution >= 0.6 is 0 Å². The molecule has 0 saturated carbocycles. The van der Waals surface area contributed by atoms with Crippen molar-refractivity contribution < 1.29 is 23.4 Å². The maximum atomic E-state index is 13.0. The van der Waals surface area contributed by atoms with Gasteiger partial charge in [-0.25, -0.2) is 4.79 Å². The van der Waals surface area contributed by atoms with E-state index in [4.69, 9.17) is 9.84 Å². The number of ether oxygens (including phenoxy) is 1. The molecular weight excluding hydrogens is 230 g/mol. The van der Waals surface area contributed by atoms with Gasteiger partial charge in [-0.2, -0.15) is 8.78 Å². The molecule has 94 valence electrons. The molecule has 0 aliphatic carbocycles. The second kappa shape index (κ2) is 5.12. The van der Waals surface area contributed by atoms with E-state index in [0.717, 1.165) is 5.56 Å². The summed E-state index contributed by atoms with van der Waals surface area (Å²) in [5.41, 5.74) is 1.07. The topological polar surface area (TPSA) is 46.5 Å². The van der Waals surface area contributed by atoms with Gasteiger partial charge in [0.2, 0.25) is 0 Å². The summed E-state index contributed by atoms with van der Waals surface area (Å²) in [5, 5.41) is 8.36. The van der Waals surface area contributed by atoms with Gasteiger partial charge < -0.3 is 9.84 Å². The number of carbonyl (C=O) groups is 1. The first-order chi connectivity index (χ1) is 7.90. The minimum atomic E-state index is -3.74. The lowest BCUT2D eigenvalue weighted by atomic mass is 10.0. The summed E-state index contributed by atoms with van der Waals surface area (Å²) in [6.07, 6.45) is -0.172. The van der Waals surface area contributed by atoms with Crippen LogP contribution in [0.4, 0.5) is 8.78 Å². The Morgan fingerprint density at radius 1 is 1.47 bits per heavy atom. The first kappa shape index (κ1) is 13.4. The summed E-state index contributed by atoms with van der Waals surface area (Å²) in [4.78, 5) is 10.3. The zero-order chi connectivity index (χ0) is 13.1. The van der Waals surface area contributed by atoms with E-state index < -0.39 is 18.3 Å². The molecule has 0 atom stereocenters. The standard InChI is InChI=1S/C12H14F2O3/c1-3-9-6-8(4-5-10(9)17-2)7-12(13,14)11(15)16/h4-6H,3,7H2,1-2H3,(H,15,16). The average molecular weight is 244 g/mol. The van der Waals surface area contributed by atoms with Crippen LogP contribution in [0.5, 0.6) is 5.75 Å². The average Bonchev–Trinajstić information content (AvgIpc) is 2.28. The number of hydrogen-bond donors (Lipinski definition) is 1. The molecule has 5 heteroatoms. The summed E-state index contributed by atoms with van der Waals surface area (Å²) in [5.74, 6) is -5.22. The van der Waals surface area contributed by atoms with E-state index in [9.17, 15) is 13.6 Å². The predicted octanol–water partition coefficient (Wildman–Crippen LogP) is 2.52. The van der Waals surface area contributed by atoms with Gasteiger partial charge in [0.15, 0.2) is 0 Å². The first-order valence-corrected chi connectivity index (χ1v) is 5.17. The van der Waals surface area contributed by atoms with Gasteiger partial charge in [0.25, 0.3) is 0 Å². The predicted molar refractivity (Wildman–Crippen MR) is 58.7 cm³/mol. The molecule has 0 bridgehead atoms. The number of aryl methyl sites for hydroxylation is 1. The van der Waals surface area contributed by atoms with Crippen LogP contribution in [-0.4, -0.2) is 24.1 Å². The molecule has 0 aliphatic rings. The molecular formula is C12H14F2O3. The fourth-order valence-electron chi connectivity index (χ4n) is 1.55. The summed E-state index contributed by atoms with van der Waals surface area (Å²) in [7, 11) is 1.50. The Kier molecular flexibility index (Phi) is 4.04. The molecule has 1 aromatic carbocycles. The molecule has 0 fully saturated rings. The highest BCUT2D eigenvalue weighted by Crippen LogP contribution is 2.25. The summed E-state index contributed by atoms with van der Waals surface area (Å²) < 4.78 is 31.1. The SMILES string of the molecule is CCc1cc(CC(F)(F)C(=O)O)ccc1OC. The number of halogens is 2. The molecule has 1 rings (SSSR count). The Morgan fingerprint density at radius 2 is 2.12 bits per heavy atom. The van der Waals surface area contributed by atoms with Crippen LogP contribution in [0.3, 0.4) is 0 Å². The van der Waals surface area contributed by atoms with Crippen LogP contribution in [0.2, 0.25) is 0 Å². The molecule has 1 aromatic rings. The normalized spacial score (nSPS) is 11.3. The third-order valence-corrected chi connectivity index (χ3v) is 2.46. The third kappa shape index (κ3) is 3.15. The fourth-order valence-corrected chi connectivity index (χ4v) is 1.55. The van der Waals surface area contributed by atoms with Crippen molar-refractivity contribution in [3.63, 3.8) is 0 Å². The highest BCUT2D eigenvalue weighted by Gasteiger charge is 2.38. The van der Waals surface area contributed by atoms with Crippen molar-refractivity contribution >= 4 is 5.97 Å². The number of aliphatic carboxylic acids is 1. The van der Waals surface area contributed by atoms with Gasteiger partial charge >= 0.3 is 11.9 Å². The van der Waals surface area contributed by atoms with Crippen molar-refractivity contribution in [3.8, 4) is 5.75 Å². The summed E-state index contributed by atoms with van der Waals surface area (Å²) in [6.45, 7) is 1.87. The van der Waals surface area contributed by atoms with E-state index in [0.29, 0.717) is 12.2 Å². The van der Waals surface area contributed by atoms with Gasteiger partial charge in [-0.1, -0.05) is 19.1 Å². The van der Waals surface area contributed by atoms with Crippen LogP contribution in [0.15, 0.2) is 18.2 Å². The molecule has 0 saturated heterocycles. The van der Waals surface area contributed by atoms with Gasteiger partial charge in [0, 0.05) is 6.42 Å². The Bertz CT molecular complexity index is 416. The van der Waals surface area contributed by atoms with Gasteiger partial charge in [0.1, 0.15) is 5.75 Å². The molecule has 0 amide bonds. The minimum Gasteiger partial charge on any atom is -0.496 e. The highest BCUT2D eigenvalue weighted by molar-refractivity contribution is 5.75. The van der Waals surface area contributed by atoms with Crippen LogP contribution < -0.4 is 4.74 Å². The quantitative estimate of drug-likeness (QED) is 0.865. The monoisotopic (exact) mass is 244 g/mol. The molecule has 0 aromatic heterocycles. The molecule has 0 radical (unpaired) electrons. The van der Waals surface area contributed by atoms with E-state index in [2.05, 4.69) is 0 Å². The maximum Gasteiger partial charge on any atom is 0.374 e. The lowest BCUT2D eigenvalue weighted by Crippen LogP contribution is -2.30. The molecule has 0 unspecified atom stereocenters. The Hall–Kier alpha value is -1.65. The van der Waals surface area contributed by atoms with Crippen LogP contribution in [-0.2, 0) is 17.6 Å². The number of alkyl halides is 2. The molecule has 0 heterocycles. The van der Waals surface area contributed by atoms with E-state index in [-0.39, 0.29) is 5.56 Å². The van der Waals surface area contributed by atoms with Gasteiger partial charge in [-0.3, -0.25) is 0 Å². The Morgan fingerprint density at radius 3 is 2.59 bits per heavy atom. The van der Waals surface area contributed by atoms with Gasteiger partial charge in [-0.15, -0.1) is 0 Å². The summed E-state index contributed by atoms with van der Waals surface area (Å²) >= 11 is 0. The molecule has 0 spiro atoms. The molecule has 1 N–H and O–H groups in total. The number of hydrogen-bond acceptors (Lipinski definition) is 2. The van der Waals surface area contributed by atoms with Crippen molar-refractivity contribution in [2.24, 2.45) is 0 Å². The Labute approximate surface area is 98.0 Å². The van der Waals surface area contributed by atoms with Gasteiger partial charge in [-0.05, 0) is 23.6 Å². The second-order valence-electron chi connectivity index (χ2n) is 3.69. The van der Waals surface area contributed by atoms with Crippen LogP contribution in [0, 0.1) is 0 Å². The minimum absolute atomic E-state index is 0.287. The van der Waals surface area contributed by atoms with E-state index in [1.54, 1.807) is 12.1 Å². The van der Waals surface area contributed by atoms with Crippen molar-refractivity contribution in [1.29, 1.82) is 0 Å². The number of methoxy groups -OCH3 is 1. The lowest BCUT2D eigenvalue weighted by Gasteiger charge is -2.13. The van der Waals surface area contributed by atoms with E-state index in [1.165, 1.54) is 13.2 Å². The second-order valence-corrected chi connectivity index (χ2v) is 3.69. The zero-order valence-electron chi connectivity index (χ0n) is 9.67. The van der Waals surface area contributed by atoms with E-state index >= 15 is 0 Å². The maximum absolute atomic E-state index is 13.0. The molecule has 0 aliphatic heterocycles. The number of carboxylic acids is 1. The van der Waals surface area contributed by atoms with Crippen molar-refractivity contribution in [2.45, 2.75) is 25.7 Å². The number of carboxylic acid groups (broad SMARTS) is 1. The largest absolute Gasteiger partial charge is 0.496 e. The molecule has 17 heavy (non-hydrogen) atoms. The smallest absolute Gasteiger partial charge is 0.374 e.